The van der Waals surface area contributed by atoms with Crippen molar-refractivity contribution < 1.29 is 23.7 Å². The summed E-state index contributed by atoms with van der Waals surface area (Å²) in [6, 6.07) is 12.4. The number of ether oxygens (including phenoxy) is 4. The Balaban J connectivity index is 2.33. The van der Waals surface area contributed by atoms with E-state index in [1.807, 2.05) is 6.07 Å². The molecule has 0 atom stereocenters. The van der Waals surface area contributed by atoms with Crippen LogP contribution in [0.1, 0.15) is 12.5 Å². The molecule has 5 nitrogen and oxygen atoms in total. The van der Waals surface area contributed by atoms with Crippen LogP contribution in [0.4, 0.5) is 0 Å². The molecule has 24 heavy (non-hydrogen) atoms. The van der Waals surface area contributed by atoms with Gasteiger partial charge in [0.2, 0.25) is 0 Å². The summed E-state index contributed by atoms with van der Waals surface area (Å²) >= 11 is 0. The summed E-state index contributed by atoms with van der Waals surface area (Å²) in [5.74, 6) is 1.73. The highest BCUT2D eigenvalue weighted by Gasteiger charge is 2.14. The molecule has 0 saturated heterocycles. The minimum atomic E-state index is -0.443. The summed E-state index contributed by atoms with van der Waals surface area (Å²) in [4.78, 5) is 12.2. The lowest BCUT2D eigenvalue weighted by atomic mass is 10.1. The molecule has 0 fully saturated rings. The lowest BCUT2D eigenvalue weighted by Gasteiger charge is -2.13. The van der Waals surface area contributed by atoms with E-state index >= 15 is 0 Å². The van der Waals surface area contributed by atoms with Crippen LogP contribution in [0.15, 0.2) is 48.0 Å². The van der Waals surface area contributed by atoms with Crippen molar-refractivity contribution in [2.75, 3.05) is 21.3 Å². The fourth-order valence-electron chi connectivity index (χ4n) is 2.13. The van der Waals surface area contributed by atoms with E-state index < -0.39 is 5.97 Å². The normalized spacial score (nSPS) is 10.9. The number of hydrogen-bond donors (Lipinski definition) is 0. The molecule has 5 heteroatoms. The average molecular weight is 328 g/mol. The van der Waals surface area contributed by atoms with E-state index in [2.05, 4.69) is 0 Å². The fraction of sp³-hybridized carbons (Fsp3) is 0.211. The van der Waals surface area contributed by atoms with Crippen LogP contribution in [0.3, 0.4) is 0 Å². The quantitative estimate of drug-likeness (QED) is 0.459. The van der Waals surface area contributed by atoms with Crippen LogP contribution >= 0.6 is 0 Å². The third-order valence-corrected chi connectivity index (χ3v) is 3.39. The van der Waals surface area contributed by atoms with Crippen LogP contribution < -0.4 is 18.9 Å². The first-order valence-electron chi connectivity index (χ1n) is 7.34. The Labute approximate surface area is 141 Å². The van der Waals surface area contributed by atoms with E-state index in [-0.39, 0.29) is 0 Å². The van der Waals surface area contributed by atoms with Gasteiger partial charge in [0, 0.05) is 17.7 Å². The van der Waals surface area contributed by atoms with E-state index in [4.69, 9.17) is 18.9 Å². The van der Waals surface area contributed by atoms with Crippen LogP contribution in [0.25, 0.3) is 6.08 Å². The molecule has 0 heterocycles. The van der Waals surface area contributed by atoms with Crippen LogP contribution in [0, 0.1) is 0 Å². The summed E-state index contributed by atoms with van der Waals surface area (Å²) in [6.45, 7) is 1.67. The molecule has 0 saturated carbocycles. The van der Waals surface area contributed by atoms with Gasteiger partial charge in [0.1, 0.15) is 23.0 Å². The zero-order chi connectivity index (χ0) is 17.5. The standard InChI is InChI=1S/C19H20O5/c1-13(19(20)24-14-8-6-5-7-9-14)10-16-17(22-3)11-15(21-2)12-18(16)23-4/h5-12H,1-4H3. The highest BCUT2D eigenvalue weighted by atomic mass is 16.5. The van der Waals surface area contributed by atoms with Crippen molar-refractivity contribution in [1.29, 1.82) is 0 Å². The van der Waals surface area contributed by atoms with Gasteiger partial charge in [0.05, 0.1) is 26.9 Å². The van der Waals surface area contributed by atoms with E-state index in [1.165, 1.54) is 0 Å². The second kappa shape index (κ2) is 8.06. The van der Waals surface area contributed by atoms with E-state index in [0.717, 1.165) is 0 Å². The van der Waals surface area contributed by atoms with Gasteiger partial charge in [-0.15, -0.1) is 0 Å². The summed E-state index contributed by atoms with van der Waals surface area (Å²) in [6.07, 6.45) is 1.67. The summed E-state index contributed by atoms with van der Waals surface area (Å²) < 4.78 is 21.3. The minimum Gasteiger partial charge on any atom is -0.496 e. The molecular weight excluding hydrogens is 308 g/mol. The fourth-order valence-corrected chi connectivity index (χ4v) is 2.13. The lowest BCUT2D eigenvalue weighted by Crippen LogP contribution is -2.09. The Hall–Kier alpha value is -2.95. The number of carbonyl (C=O) groups excluding carboxylic acids is 1. The Morgan fingerprint density at radius 3 is 1.96 bits per heavy atom. The zero-order valence-corrected chi connectivity index (χ0v) is 14.2. The number of methoxy groups -OCH3 is 3. The molecule has 0 aromatic heterocycles. The number of esters is 1. The maximum atomic E-state index is 12.2. The van der Waals surface area contributed by atoms with E-state index in [9.17, 15) is 4.79 Å². The third kappa shape index (κ3) is 4.07. The van der Waals surface area contributed by atoms with Gasteiger partial charge in [-0.2, -0.15) is 0 Å². The van der Waals surface area contributed by atoms with Gasteiger partial charge < -0.3 is 18.9 Å². The molecule has 0 aliphatic heterocycles. The Bertz CT molecular complexity index is 710. The van der Waals surface area contributed by atoms with Crippen molar-refractivity contribution in [3.05, 3.63) is 53.6 Å². The summed E-state index contributed by atoms with van der Waals surface area (Å²) in [5.41, 5.74) is 1.06. The number of rotatable bonds is 6. The van der Waals surface area contributed by atoms with E-state index in [0.29, 0.717) is 34.1 Å². The number of para-hydroxylation sites is 1. The number of carbonyl (C=O) groups is 1. The molecule has 0 spiro atoms. The van der Waals surface area contributed by atoms with Crippen LogP contribution in [-0.2, 0) is 4.79 Å². The van der Waals surface area contributed by atoms with Gasteiger partial charge >= 0.3 is 5.97 Å². The van der Waals surface area contributed by atoms with Gasteiger partial charge in [-0.25, -0.2) is 4.79 Å². The molecule has 0 aliphatic rings. The Kier molecular flexibility index (Phi) is 5.84. The molecule has 126 valence electrons. The summed E-state index contributed by atoms with van der Waals surface area (Å²) in [5, 5.41) is 0. The van der Waals surface area contributed by atoms with Crippen molar-refractivity contribution in [1.82, 2.24) is 0 Å². The highest BCUT2D eigenvalue weighted by molar-refractivity contribution is 5.95. The van der Waals surface area contributed by atoms with Gasteiger partial charge in [-0.05, 0) is 25.1 Å². The molecule has 2 aromatic rings. The smallest absolute Gasteiger partial charge is 0.339 e. The lowest BCUT2D eigenvalue weighted by molar-refractivity contribution is -0.130. The third-order valence-electron chi connectivity index (χ3n) is 3.39. The monoisotopic (exact) mass is 328 g/mol. The maximum Gasteiger partial charge on any atom is 0.339 e. The largest absolute Gasteiger partial charge is 0.496 e. The highest BCUT2D eigenvalue weighted by Crippen LogP contribution is 2.35. The van der Waals surface area contributed by atoms with Crippen molar-refractivity contribution in [2.24, 2.45) is 0 Å². The first kappa shape index (κ1) is 17.4. The minimum absolute atomic E-state index is 0.417. The molecule has 0 N–H and O–H groups in total. The van der Waals surface area contributed by atoms with Crippen molar-refractivity contribution in [3.63, 3.8) is 0 Å². The van der Waals surface area contributed by atoms with Crippen molar-refractivity contribution in [3.8, 4) is 23.0 Å². The molecule has 0 radical (unpaired) electrons. The van der Waals surface area contributed by atoms with E-state index in [1.54, 1.807) is 70.7 Å². The molecule has 0 amide bonds. The van der Waals surface area contributed by atoms with Crippen molar-refractivity contribution in [2.45, 2.75) is 6.92 Å². The first-order chi connectivity index (χ1) is 11.6. The number of hydrogen-bond acceptors (Lipinski definition) is 5. The van der Waals surface area contributed by atoms with Crippen LogP contribution in [0.5, 0.6) is 23.0 Å². The second-order valence-electron chi connectivity index (χ2n) is 4.98. The van der Waals surface area contributed by atoms with Gasteiger partial charge in [-0.3, -0.25) is 0 Å². The topological polar surface area (TPSA) is 54.0 Å². The molecule has 0 aliphatic carbocycles. The van der Waals surface area contributed by atoms with Gasteiger partial charge in [0.25, 0.3) is 0 Å². The van der Waals surface area contributed by atoms with Crippen LogP contribution in [-0.4, -0.2) is 27.3 Å². The van der Waals surface area contributed by atoms with Gasteiger partial charge in [0.15, 0.2) is 0 Å². The van der Waals surface area contributed by atoms with Crippen molar-refractivity contribution >= 4 is 12.0 Å². The SMILES string of the molecule is COc1cc(OC)c(C=C(C)C(=O)Oc2ccccc2)c(OC)c1. The molecule has 0 unspecified atom stereocenters. The first-order valence-corrected chi connectivity index (χ1v) is 7.34. The predicted molar refractivity (Wildman–Crippen MR) is 91.8 cm³/mol. The average Bonchev–Trinajstić information content (AvgIpc) is 2.62. The Morgan fingerprint density at radius 2 is 1.46 bits per heavy atom. The maximum absolute atomic E-state index is 12.2. The molecule has 2 rings (SSSR count). The summed E-state index contributed by atoms with van der Waals surface area (Å²) in [7, 11) is 4.65. The van der Waals surface area contributed by atoms with Gasteiger partial charge in [-0.1, -0.05) is 18.2 Å². The molecule has 0 bridgehead atoms. The zero-order valence-electron chi connectivity index (χ0n) is 14.2. The molecular formula is C19H20O5. The van der Waals surface area contributed by atoms with Crippen LogP contribution in [0.2, 0.25) is 0 Å². The predicted octanol–water partition coefficient (Wildman–Crippen LogP) is 3.72. The molecule has 2 aromatic carbocycles. The Morgan fingerprint density at radius 1 is 0.875 bits per heavy atom. The second-order valence-corrected chi connectivity index (χ2v) is 4.98. The number of benzene rings is 2.